The normalized spacial score (nSPS) is 17.4. The zero-order chi connectivity index (χ0) is 23.9. The molecule has 0 bridgehead atoms. The first-order valence-corrected chi connectivity index (χ1v) is 10.4. The van der Waals surface area contributed by atoms with Crippen molar-refractivity contribution in [3.8, 4) is 22.9 Å². The van der Waals surface area contributed by atoms with Gasteiger partial charge in [0, 0.05) is 29.9 Å². The van der Waals surface area contributed by atoms with Gasteiger partial charge in [-0.1, -0.05) is 13.5 Å². The Hall–Kier alpha value is -3.69. The number of fused-ring (bicyclic) bond motifs is 1. The average molecular weight is 457 g/mol. The van der Waals surface area contributed by atoms with E-state index < -0.39 is 17.6 Å². The summed E-state index contributed by atoms with van der Waals surface area (Å²) in [5, 5.41) is 14.5. The van der Waals surface area contributed by atoms with Crippen LogP contribution >= 0.6 is 0 Å². The van der Waals surface area contributed by atoms with Crippen LogP contribution in [-0.4, -0.2) is 40.1 Å². The van der Waals surface area contributed by atoms with E-state index in [0.29, 0.717) is 29.9 Å². The van der Waals surface area contributed by atoms with E-state index in [0.717, 1.165) is 11.3 Å². The Kier molecular flexibility index (Phi) is 5.92. The lowest BCUT2D eigenvalue weighted by Gasteiger charge is -2.30. The van der Waals surface area contributed by atoms with Gasteiger partial charge in [0.1, 0.15) is 11.4 Å². The molecule has 1 aromatic carbocycles. The van der Waals surface area contributed by atoms with Gasteiger partial charge in [0.15, 0.2) is 23.1 Å². The monoisotopic (exact) mass is 457 g/mol. The number of aromatic nitrogens is 4. The van der Waals surface area contributed by atoms with Crippen LogP contribution in [-0.2, 0) is 24.7 Å². The largest absolute Gasteiger partial charge is 0.494 e. The maximum Gasteiger partial charge on any atom is 0.247 e. The Morgan fingerprint density at radius 1 is 1.27 bits per heavy atom. The van der Waals surface area contributed by atoms with Crippen molar-refractivity contribution in [1.82, 2.24) is 20.0 Å². The molecule has 2 aromatic heterocycles. The number of nitrogens with one attached hydrogen (secondary N) is 2. The first kappa shape index (κ1) is 22.5. The molecular formula is C23H25F2N5O3. The summed E-state index contributed by atoms with van der Waals surface area (Å²) >= 11 is 0. The van der Waals surface area contributed by atoms with Crippen molar-refractivity contribution in [2.45, 2.75) is 25.7 Å². The van der Waals surface area contributed by atoms with Crippen LogP contribution in [0.25, 0.3) is 11.4 Å². The maximum absolute atomic E-state index is 15.2. The fourth-order valence-corrected chi connectivity index (χ4v) is 4.48. The maximum atomic E-state index is 15.2. The zero-order valence-corrected chi connectivity index (χ0v) is 18.8. The average Bonchev–Trinajstić information content (AvgIpc) is 3.36. The number of carbonyl (C=O) groups is 1. The number of aryl methyl sites for hydroxylation is 1. The SMILES string of the molecule is C=CC(=O)Nc1cnn(C)c1-c1n[nH]c2c1CC(C)C(c1c(F)c(OC)cc(OC)c1F)C2. The minimum absolute atomic E-state index is 0.0556. The Labute approximate surface area is 189 Å². The molecule has 1 aliphatic rings. The number of benzene rings is 1. The molecule has 1 amide bonds. The molecule has 0 spiro atoms. The summed E-state index contributed by atoms with van der Waals surface area (Å²) in [6.45, 7) is 5.42. The van der Waals surface area contributed by atoms with Crippen molar-refractivity contribution >= 4 is 11.6 Å². The standard InChI is InChI=1S/C23H25F2N5O3/c1-6-18(31)27-15-10-26-30(3)23(15)22-13-7-11(2)12(8-14(13)28-29-22)19-20(24)16(32-4)9-17(33-5)21(19)25/h6,9-12H,1,7-8H2,2-5H3,(H,27,31)(H,28,29). The fraction of sp³-hybridized carbons (Fsp3) is 0.348. The van der Waals surface area contributed by atoms with Gasteiger partial charge in [0.2, 0.25) is 5.91 Å². The van der Waals surface area contributed by atoms with Gasteiger partial charge in [-0.2, -0.15) is 10.2 Å². The number of aromatic amines is 1. The van der Waals surface area contributed by atoms with Crippen LogP contribution in [0.2, 0.25) is 0 Å². The van der Waals surface area contributed by atoms with Crippen molar-refractivity contribution in [3.05, 3.63) is 53.4 Å². The van der Waals surface area contributed by atoms with E-state index in [-0.39, 0.29) is 28.9 Å². The smallest absolute Gasteiger partial charge is 0.247 e. The van der Waals surface area contributed by atoms with Gasteiger partial charge in [-0.3, -0.25) is 14.6 Å². The number of rotatable bonds is 6. The summed E-state index contributed by atoms with van der Waals surface area (Å²) < 4.78 is 42.2. The molecule has 10 heteroatoms. The van der Waals surface area contributed by atoms with Gasteiger partial charge >= 0.3 is 0 Å². The number of ether oxygens (including phenoxy) is 2. The molecule has 0 fully saturated rings. The van der Waals surface area contributed by atoms with Crippen LogP contribution in [0, 0.1) is 17.6 Å². The second-order valence-corrected chi connectivity index (χ2v) is 8.07. The molecule has 3 aromatic rings. The molecule has 2 atom stereocenters. The Bertz CT molecular complexity index is 1210. The Balaban J connectivity index is 1.76. The van der Waals surface area contributed by atoms with Gasteiger partial charge < -0.3 is 14.8 Å². The quantitative estimate of drug-likeness (QED) is 0.550. The second-order valence-electron chi connectivity index (χ2n) is 8.07. The van der Waals surface area contributed by atoms with Gasteiger partial charge in [-0.25, -0.2) is 8.78 Å². The summed E-state index contributed by atoms with van der Waals surface area (Å²) in [6.07, 6.45) is 3.58. The topological polar surface area (TPSA) is 94.1 Å². The summed E-state index contributed by atoms with van der Waals surface area (Å²) in [4.78, 5) is 11.8. The van der Waals surface area contributed by atoms with Gasteiger partial charge in [-0.05, 0) is 30.8 Å². The lowest BCUT2D eigenvalue weighted by atomic mass is 9.74. The molecule has 2 N–H and O–H groups in total. The minimum Gasteiger partial charge on any atom is -0.494 e. The van der Waals surface area contributed by atoms with E-state index >= 15 is 8.78 Å². The summed E-state index contributed by atoms with van der Waals surface area (Å²) in [7, 11) is 4.42. The summed E-state index contributed by atoms with van der Waals surface area (Å²) in [5.41, 5.74) is 3.41. The lowest BCUT2D eigenvalue weighted by Crippen LogP contribution is -2.24. The first-order chi connectivity index (χ1) is 15.8. The van der Waals surface area contributed by atoms with Crippen LogP contribution in [0.4, 0.5) is 14.5 Å². The van der Waals surface area contributed by atoms with Crippen molar-refractivity contribution in [2.24, 2.45) is 13.0 Å². The van der Waals surface area contributed by atoms with Gasteiger partial charge in [-0.15, -0.1) is 0 Å². The predicted molar refractivity (Wildman–Crippen MR) is 118 cm³/mol. The molecule has 2 heterocycles. The number of amides is 1. The summed E-state index contributed by atoms with van der Waals surface area (Å²) in [5.74, 6) is -2.52. The van der Waals surface area contributed by atoms with Gasteiger partial charge in [0.05, 0.1) is 26.1 Å². The van der Waals surface area contributed by atoms with Crippen LogP contribution in [0.3, 0.4) is 0 Å². The number of methoxy groups -OCH3 is 2. The third-order valence-corrected chi connectivity index (χ3v) is 6.17. The van der Waals surface area contributed by atoms with Crippen LogP contribution in [0.5, 0.6) is 11.5 Å². The highest BCUT2D eigenvalue weighted by Gasteiger charge is 2.36. The van der Waals surface area contributed by atoms with E-state index in [9.17, 15) is 4.79 Å². The highest BCUT2D eigenvalue weighted by Crippen LogP contribution is 2.45. The van der Waals surface area contributed by atoms with Crippen molar-refractivity contribution < 1.29 is 23.0 Å². The molecule has 0 radical (unpaired) electrons. The number of halogens is 2. The molecule has 1 aliphatic carbocycles. The molecule has 0 aliphatic heterocycles. The number of hydrogen-bond acceptors (Lipinski definition) is 5. The molecular weight excluding hydrogens is 432 g/mol. The van der Waals surface area contributed by atoms with Gasteiger partial charge in [0.25, 0.3) is 0 Å². The third-order valence-electron chi connectivity index (χ3n) is 6.17. The van der Waals surface area contributed by atoms with E-state index in [1.807, 2.05) is 6.92 Å². The molecule has 0 saturated carbocycles. The van der Waals surface area contributed by atoms with Crippen molar-refractivity contribution in [3.63, 3.8) is 0 Å². The third kappa shape index (κ3) is 3.75. The second kappa shape index (κ2) is 8.68. The summed E-state index contributed by atoms with van der Waals surface area (Å²) in [6, 6.07) is 1.21. The van der Waals surface area contributed by atoms with Crippen molar-refractivity contribution in [2.75, 3.05) is 19.5 Å². The zero-order valence-electron chi connectivity index (χ0n) is 18.8. The molecule has 4 rings (SSSR count). The van der Waals surface area contributed by atoms with Crippen LogP contribution < -0.4 is 14.8 Å². The minimum atomic E-state index is -0.725. The fourth-order valence-electron chi connectivity index (χ4n) is 4.48. The Morgan fingerprint density at radius 2 is 1.94 bits per heavy atom. The highest BCUT2D eigenvalue weighted by atomic mass is 19.1. The first-order valence-electron chi connectivity index (χ1n) is 10.4. The number of carbonyl (C=O) groups excluding carboxylic acids is 1. The molecule has 0 saturated heterocycles. The highest BCUT2D eigenvalue weighted by molar-refractivity contribution is 6.01. The Morgan fingerprint density at radius 3 is 2.55 bits per heavy atom. The van der Waals surface area contributed by atoms with Crippen LogP contribution in [0.1, 0.15) is 29.7 Å². The molecule has 174 valence electrons. The predicted octanol–water partition coefficient (Wildman–Crippen LogP) is 3.75. The number of nitrogens with zero attached hydrogens (tertiary/aromatic N) is 3. The molecule has 33 heavy (non-hydrogen) atoms. The van der Waals surface area contributed by atoms with Crippen molar-refractivity contribution in [1.29, 1.82) is 0 Å². The van der Waals surface area contributed by atoms with Crippen LogP contribution in [0.15, 0.2) is 24.9 Å². The van der Waals surface area contributed by atoms with E-state index in [1.165, 1.54) is 26.4 Å². The molecule has 8 nitrogen and oxygen atoms in total. The van der Waals surface area contributed by atoms with E-state index in [2.05, 4.69) is 27.2 Å². The number of anilines is 1. The number of hydrogen-bond donors (Lipinski definition) is 2. The molecule has 2 unspecified atom stereocenters. The van der Waals surface area contributed by atoms with E-state index in [1.54, 1.807) is 17.9 Å². The lowest BCUT2D eigenvalue weighted by molar-refractivity contribution is -0.111. The number of H-pyrrole nitrogens is 1. The van der Waals surface area contributed by atoms with E-state index in [4.69, 9.17) is 9.47 Å².